The number of hydrogen-bond acceptors (Lipinski definition) is 3. The largest absolute Gasteiger partial charge is 0.319 e. The van der Waals surface area contributed by atoms with Crippen LogP contribution in [0.5, 0.6) is 0 Å². The summed E-state index contributed by atoms with van der Waals surface area (Å²) in [6.07, 6.45) is 0. The Kier molecular flexibility index (Phi) is 3.79. The standard InChI is InChI=1S/C10H8Br2F2N4/c1-18-9(10(12)16-17-18)8(15)7-5(13)2-4(11)3-6(7)14/h2-3,8H,15H2,1H3. The van der Waals surface area contributed by atoms with Gasteiger partial charge in [0, 0.05) is 17.1 Å². The molecule has 8 heteroatoms. The van der Waals surface area contributed by atoms with Gasteiger partial charge in [0.15, 0.2) is 4.60 Å². The highest BCUT2D eigenvalue weighted by molar-refractivity contribution is 9.10. The molecule has 0 spiro atoms. The number of aryl methyl sites for hydroxylation is 1. The van der Waals surface area contributed by atoms with Crippen LogP contribution in [0.1, 0.15) is 17.3 Å². The van der Waals surface area contributed by atoms with Crippen molar-refractivity contribution in [1.29, 1.82) is 0 Å². The number of rotatable bonds is 2. The van der Waals surface area contributed by atoms with Crippen LogP contribution in [-0.4, -0.2) is 15.0 Å². The summed E-state index contributed by atoms with van der Waals surface area (Å²) in [5.74, 6) is -1.44. The van der Waals surface area contributed by atoms with Crippen molar-refractivity contribution in [2.24, 2.45) is 12.8 Å². The molecule has 0 fully saturated rings. The van der Waals surface area contributed by atoms with E-state index in [1.165, 1.54) is 4.68 Å². The molecule has 0 aliphatic heterocycles. The van der Waals surface area contributed by atoms with Crippen LogP contribution < -0.4 is 5.73 Å². The SMILES string of the molecule is Cn1nnc(Br)c1C(N)c1c(F)cc(Br)cc1F. The van der Waals surface area contributed by atoms with E-state index in [9.17, 15) is 8.78 Å². The number of nitrogens with two attached hydrogens (primary N) is 1. The van der Waals surface area contributed by atoms with Crippen LogP contribution in [0.2, 0.25) is 0 Å². The lowest BCUT2D eigenvalue weighted by Gasteiger charge is -2.14. The molecule has 0 saturated heterocycles. The quantitative estimate of drug-likeness (QED) is 0.869. The highest BCUT2D eigenvalue weighted by Gasteiger charge is 2.24. The maximum Gasteiger partial charge on any atom is 0.153 e. The molecular weight excluding hydrogens is 374 g/mol. The molecule has 0 amide bonds. The van der Waals surface area contributed by atoms with Crippen molar-refractivity contribution >= 4 is 31.9 Å². The van der Waals surface area contributed by atoms with Gasteiger partial charge in [0.2, 0.25) is 0 Å². The van der Waals surface area contributed by atoms with Crippen LogP contribution in [-0.2, 0) is 7.05 Å². The van der Waals surface area contributed by atoms with Gasteiger partial charge in [-0.1, -0.05) is 21.1 Å². The Labute approximate surface area is 118 Å². The molecule has 0 radical (unpaired) electrons. The smallest absolute Gasteiger partial charge is 0.153 e. The molecule has 0 saturated carbocycles. The van der Waals surface area contributed by atoms with Gasteiger partial charge in [-0.3, -0.25) is 0 Å². The first kappa shape index (κ1) is 13.6. The number of aromatic nitrogens is 3. The molecule has 1 atom stereocenters. The Morgan fingerprint density at radius 2 is 1.83 bits per heavy atom. The van der Waals surface area contributed by atoms with Gasteiger partial charge < -0.3 is 5.73 Å². The van der Waals surface area contributed by atoms with Gasteiger partial charge in [-0.15, -0.1) is 5.10 Å². The molecule has 1 heterocycles. The topological polar surface area (TPSA) is 56.7 Å². The molecular formula is C10H8Br2F2N4. The van der Waals surface area contributed by atoms with Crippen LogP contribution in [0.25, 0.3) is 0 Å². The lowest BCUT2D eigenvalue weighted by molar-refractivity contribution is 0.531. The van der Waals surface area contributed by atoms with E-state index in [0.717, 1.165) is 12.1 Å². The molecule has 0 aliphatic carbocycles. The van der Waals surface area contributed by atoms with Crippen molar-refractivity contribution < 1.29 is 8.78 Å². The summed E-state index contributed by atoms with van der Waals surface area (Å²) < 4.78 is 29.6. The van der Waals surface area contributed by atoms with Gasteiger partial charge >= 0.3 is 0 Å². The first-order chi connectivity index (χ1) is 8.41. The Morgan fingerprint density at radius 3 is 2.28 bits per heavy atom. The Morgan fingerprint density at radius 1 is 1.28 bits per heavy atom. The van der Waals surface area contributed by atoms with E-state index in [1.54, 1.807) is 7.05 Å². The Balaban J connectivity index is 2.56. The zero-order valence-electron chi connectivity index (χ0n) is 9.16. The summed E-state index contributed by atoms with van der Waals surface area (Å²) in [6.45, 7) is 0. The Hall–Kier alpha value is -0.860. The van der Waals surface area contributed by atoms with Crippen LogP contribution in [0.3, 0.4) is 0 Å². The van der Waals surface area contributed by atoms with Gasteiger partial charge in [0.1, 0.15) is 11.6 Å². The average molecular weight is 382 g/mol. The van der Waals surface area contributed by atoms with Gasteiger partial charge in [-0.2, -0.15) is 0 Å². The second-order valence-electron chi connectivity index (χ2n) is 3.65. The fourth-order valence-corrected chi connectivity index (χ4v) is 2.63. The summed E-state index contributed by atoms with van der Waals surface area (Å²) in [5.41, 5.74) is 6.07. The normalized spacial score (nSPS) is 12.8. The average Bonchev–Trinajstić information content (AvgIpc) is 2.56. The number of benzene rings is 1. The fraction of sp³-hybridized carbons (Fsp3) is 0.200. The second-order valence-corrected chi connectivity index (χ2v) is 5.32. The first-order valence-electron chi connectivity index (χ1n) is 4.87. The van der Waals surface area contributed by atoms with Crippen molar-refractivity contribution in [2.45, 2.75) is 6.04 Å². The van der Waals surface area contributed by atoms with E-state index in [0.29, 0.717) is 14.8 Å². The minimum atomic E-state index is -0.993. The van der Waals surface area contributed by atoms with E-state index < -0.39 is 17.7 Å². The van der Waals surface area contributed by atoms with Crippen molar-refractivity contribution in [2.75, 3.05) is 0 Å². The summed E-state index contributed by atoms with van der Waals surface area (Å²) in [6, 6.07) is 1.33. The van der Waals surface area contributed by atoms with E-state index >= 15 is 0 Å². The maximum atomic E-state index is 13.8. The highest BCUT2D eigenvalue weighted by atomic mass is 79.9. The molecule has 2 aromatic rings. The van der Waals surface area contributed by atoms with Crippen molar-refractivity contribution in [3.63, 3.8) is 0 Å². The fourth-order valence-electron chi connectivity index (χ4n) is 1.66. The minimum absolute atomic E-state index is 0.218. The van der Waals surface area contributed by atoms with Crippen LogP contribution in [0, 0.1) is 11.6 Å². The van der Waals surface area contributed by atoms with Crippen molar-refractivity contribution in [3.05, 3.63) is 44.1 Å². The summed E-state index contributed by atoms with van der Waals surface area (Å²) >= 11 is 6.16. The van der Waals surface area contributed by atoms with Crippen LogP contribution in [0.4, 0.5) is 8.78 Å². The molecule has 0 bridgehead atoms. The van der Waals surface area contributed by atoms with Crippen molar-refractivity contribution in [3.8, 4) is 0 Å². The molecule has 2 rings (SSSR count). The molecule has 18 heavy (non-hydrogen) atoms. The third-order valence-electron chi connectivity index (χ3n) is 2.48. The van der Waals surface area contributed by atoms with E-state index in [1.807, 2.05) is 0 Å². The zero-order chi connectivity index (χ0) is 13.4. The number of hydrogen-bond donors (Lipinski definition) is 1. The minimum Gasteiger partial charge on any atom is -0.319 e. The third-order valence-corrected chi connectivity index (χ3v) is 3.50. The van der Waals surface area contributed by atoms with Gasteiger partial charge in [0.25, 0.3) is 0 Å². The number of halogens is 4. The van der Waals surface area contributed by atoms with E-state index in [2.05, 4.69) is 42.2 Å². The zero-order valence-corrected chi connectivity index (χ0v) is 12.3. The van der Waals surface area contributed by atoms with E-state index in [4.69, 9.17) is 5.73 Å². The molecule has 1 unspecified atom stereocenters. The predicted molar refractivity (Wildman–Crippen MR) is 68.8 cm³/mol. The van der Waals surface area contributed by atoms with Crippen molar-refractivity contribution in [1.82, 2.24) is 15.0 Å². The first-order valence-corrected chi connectivity index (χ1v) is 6.45. The lowest BCUT2D eigenvalue weighted by atomic mass is 10.0. The molecule has 1 aromatic carbocycles. The monoisotopic (exact) mass is 380 g/mol. The summed E-state index contributed by atoms with van der Waals surface area (Å²) in [4.78, 5) is 0. The summed E-state index contributed by atoms with van der Waals surface area (Å²) in [7, 11) is 1.60. The van der Waals surface area contributed by atoms with E-state index in [-0.39, 0.29) is 5.56 Å². The predicted octanol–water partition coefficient (Wildman–Crippen LogP) is 2.67. The third kappa shape index (κ3) is 2.32. The molecule has 96 valence electrons. The lowest BCUT2D eigenvalue weighted by Crippen LogP contribution is -2.19. The van der Waals surface area contributed by atoms with Gasteiger partial charge in [-0.25, -0.2) is 13.5 Å². The molecule has 0 aliphatic rings. The van der Waals surface area contributed by atoms with Gasteiger partial charge in [-0.05, 0) is 28.1 Å². The van der Waals surface area contributed by atoms with Crippen LogP contribution >= 0.6 is 31.9 Å². The highest BCUT2D eigenvalue weighted by Crippen LogP contribution is 2.30. The molecule has 4 nitrogen and oxygen atoms in total. The summed E-state index contributed by atoms with van der Waals surface area (Å²) in [5, 5.41) is 7.46. The molecule has 1 aromatic heterocycles. The number of nitrogens with zero attached hydrogens (tertiary/aromatic N) is 3. The molecule has 2 N–H and O–H groups in total. The second kappa shape index (κ2) is 5.02. The maximum absolute atomic E-state index is 13.8. The van der Waals surface area contributed by atoms with Gasteiger partial charge in [0.05, 0.1) is 11.7 Å². The Bertz CT molecular complexity index is 557. The van der Waals surface area contributed by atoms with Crippen LogP contribution in [0.15, 0.2) is 21.2 Å².